The molecule has 0 saturated carbocycles. The minimum atomic E-state index is -4.18. The molecule has 0 spiro atoms. The molecule has 1 atom stereocenters. The minimum absolute atomic E-state index is 0.0316. The van der Waals surface area contributed by atoms with Crippen LogP contribution in [0.15, 0.2) is 77.7 Å². The number of hydrogen-bond donors (Lipinski definition) is 2. The van der Waals surface area contributed by atoms with E-state index in [2.05, 4.69) is 10.0 Å². The van der Waals surface area contributed by atoms with Crippen molar-refractivity contribution in [2.24, 2.45) is 0 Å². The van der Waals surface area contributed by atoms with E-state index in [4.69, 9.17) is 23.2 Å². The van der Waals surface area contributed by atoms with Crippen LogP contribution in [0.2, 0.25) is 10.0 Å². The molecule has 0 unspecified atom stereocenters. The quantitative estimate of drug-likeness (QED) is 0.531. The molecule has 0 saturated heterocycles. The summed E-state index contributed by atoms with van der Waals surface area (Å²) >= 11 is 11.9. The van der Waals surface area contributed by atoms with E-state index in [-0.39, 0.29) is 27.0 Å². The van der Waals surface area contributed by atoms with Gasteiger partial charge in [-0.2, -0.15) is 4.72 Å². The first kappa shape index (κ1) is 22.2. The normalized spacial score (nSPS) is 12.4. The monoisotopic (exact) mass is 466 g/mol. The van der Waals surface area contributed by atoms with Gasteiger partial charge >= 0.3 is 0 Å². The van der Waals surface area contributed by atoms with Gasteiger partial charge in [0.1, 0.15) is 16.8 Å². The number of carbonyl (C=O) groups excluding carboxylic acids is 1. The first-order valence-corrected chi connectivity index (χ1v) is 11.1. The van der Waals surface area contributed by atoms with Crippen molar-refractivity contribution < 1.29 is 17.6 Å². The van der Waals surface area contributed by atoms with E-state index in [0.717, 1.165) is 11.6 Å². The van der Waals surface area contributed by atoms with Crippen molar-refractivity contribution in [2.75, 3.05) is 5.32 Å². The van der Waals surface area contributed by atoms with Crippen molar-refractivity contribution in [2.45, 2.75) is 17.4 Å². The zero-order valence-corrected chi connectivity index (χ0v) is 17.8. The minimum Gasteiger partial charge on any atom is -0.325 e. The fourth-order valence-corrected chi connectivity index (χ4v) is 4.73. The summed E-state index contributed by atoms with van der Waals surface area (Å²) in [6.45, 7) is 0. The van der Waals surface area contributed by atoms with Gasteiger partial charge in [-0.1, -0.05) is 59.6 Å². The fraction of sp³-hybridized carbons (Fsp3) is 0.0952. The number of sulfonamides is 1. The Hall–Kier alpha value is -2.45. The molecule has 0 bridgehead atoms. The number of nitrogens with one attached hydrogen (secondary N) is 2. The molecule has 0 heterocycles. The third kappa shape index (κ3) is 5.79. The van der Waals surface area contributed by atoms with Crippen LogP contribution < -0.4 is 10.0 Å². The lowest BCUT2D eigenvalue weighted by Crippen LogP contribution is -2.45. The van der Waals surface area contributed by atoms with Gasteiger partial charge in [0.05, 0.1) is 5.02 Å². The lowest BCUT2D eigenvalue weighted by molar-refractivity contribution is -0.117. The van der Waals surface area contributed by atoms with Gasteiger partial charge in [-0.25, -0.2) is 12.8 Å². The summed E-state index contributed by atoms with van der Waals surface area (Å²) in [4.78, 5) is 12.6. The third-order valence-electron chi connectivity index (χ3n) is 4.17. The fourth-order valence-electron chi connectivity index (χ4n) is 2.77. The number of hydrogen-bond acceptors (Lipinski definition) is 3. The molecule has 0 aliphatic carbocycles. The zero-order chi connectivity index (χ0) is 21.7. The van der Waals surface area contributed by atoms with Crippen LogP contribution in [-0.2, 0) is 21.2 Å². The van der Waals surface area contributed by atoms with Gasteiger partial charge in [0.2, 0.25) is 15.9 Å². The Morgan fingerprint density at radius 1 is 0.967 bits per heavy atom. The van der Waals surface area contributed by atoms with Gasteiger partial charge in [0.15, 0.2) is 0 Å². The Labute approximate surface area is 183 Å². The van der Waals surface area contributed by atoms with Crippen LogP contribution in [0.1, 0.15) is 5.56 Å². The number of anilines is 1. The van der Waals surface area contributed by atoms with Crippen LogP contribution in [0, 0.1) is 5.82 Å². The van der Waals surface area contributed by atoms with E-state index in [1.165, 1.54) is 36.4 Å². The SMILES string of the molecule is O=C(Nc1cccc(F)c1)[C@H](Cc1ccccc1)NS(=O)(=O)c1cc(Cl)ccc1Cl. The molecule has 0 fully saturated rings. The molecule has 2 N–H and O–H groups in total. The van der Waals surface area contributed by atoms with Crippen LogP contribution in [0.5, 0.6) is 0 Å². The summed E-state index contributed by atoms with van der Waals surface area (Å²) in [6, 6.07) is 17.0. The average molecular weight is 467 g/mol. The first-order chi connectivity index (χ1) is 14.2. The lowest BCUT2D eigenvalue weighted by Gasteiger charge is -2.19. The molecule has 0 aliphatic heterocycles. The largest absolute Gasteiger partial charge is 0.325 e. The summed E-state index contributed by atoms with van der Waals surface area (Å²) in [5.74, 6) is -1.18. The Morgan fingerprint density at radius 2 is 1.70 bits per heavy atom. The van der Waals surface area contributed by atoms with Crippen molar-refractivity contribution in [3.05, 3.63) is 94.2 Å². The topological polar surface area (TPSA) is 75.3 Å². The summed E-state index contributed by atoms with van der Waals surface area (Å²) in [5.41, 5.74) is 0.940. The molecular formula is C21H17Cl2FN2O3S. The van der Waals surface area contributed by atoms with E-state index in [0.29, 0.717) is 0 Å². The lowest BCUT2D eigenvalue weighted by atomic mass is 10.1. The molecule has 0 aliphatic rings. The molecule has 5 nitrogen and oxygen atoms in total. The molecule has 0 radical (unpaired) electrons. The first-order valence-electron chi connectivity index (χ1n) is 8.82. The molecule has 30 heavy (non-hydrogen) atoms. The maximum absolute atomic E-state index is 13.5. The van der Waals surface area contributed by atoms with E-state index in [1.807, 2.05) is 0 Å². The van der Waals surface area contributed by atoms with Gasteiger partial charge in [0, 0.05) is 10.7 Å². The number of rotatable bonds is 7. The predicted octanol–water partition coefficient (Wildman–Crippen LogP) is 4.66. The van der Waals surface area contributed by atoms with Crippen molar-refractivity contribution in [1.29, 1.82) is 0 Å². The van der Waals surface area contributed by atoms with Gasteiger partial charge in [-0.3, -0.25) is 4.79 Å². The van der Waals surface area contributed by atoms with Gasteiger partial charge in [0.25, 0.3) is 0 Å². The summed E-state index contributed by atoms with van der Waals surface area (Å²) in [5, 5.41) is 2.69. The Kier molecular flexibility index (Phi) is 7.10. The van der Waals surface area contributed by atoms with Crippen molar-refractivity contribution in [3.8, 4) is 0 Å². The molecule has 3 aromatic carbocycles. The van der Waals surface area contributed by atoms with Crippen molar-refractivity contribution in [3.63, 3.8) is 0 Å². The Bertz CT molecular complexity index is 1160. The average Bonchev–Trinajstić information content (AvgIpc) is 2.70. The molecule has 0 aromatic heterocycles. The van der Waals surface area contributed by atoms with Crippen LogP contribution in [0.4, 0.5) is 10.1 Å². The Morgan fingerprint density at radius 3 is 2.40 bits per heavy atom. The van der Waals surface area contributed by atoms with Crippen molar-refractivity contribution in [1.82, 2.24) is 4.72 Å². The molecule has 1 amide bonds. The second kappa shape index (κ2) is 9.57. The second-order valence-electron chi connectivity index (χ2n) is 6.44. The second-order valence-corrected chi connectivity index (χ2v) is 8.96. The van der Waals surface area contributed by atoms with Crippen LogP contribution in [0.25, 0.3) is 0 Å². The van der Waals surface area contributed by atoms with Gasteiger partial charge < -0.3 is 5.32 Å². The maximum Gasteiger partial charge on any atom is 0.242 e. The van der Waals surface area contributed by atoms with Crippen LogP contribution in [0.3, 0.4) is 0 Å². The van der Waals surface area contributed by atoms with E-state index >= 15 is 0 Å². The molecular weight excluding hydrogens is 450 g/mol. The smallest absolute Gasteiger partial charge is 0.242 e. The highest BCUT2D eigenvalue weighted by Crippen LogP contribution is 2.25. The number of benzene rings is 3. The van der Waals surface area contributed by atoms with Crippen molar-refractivity contribution >= 4 is 44.8 Å². The molecule has 156 valence electrons. The highest BCUT2D eigenvalue weighted by atomic mass is 35.5. The Balaban J connectivity index is 1.90. The highest BCUT2D eigenvalue weighted by Gasteiger charge is 2.28. The number of halogens is 3. The summed E-state index contributed by atoms with van der Waals surface area (Å²) < 4.78 is 41.7. The highest BCUT2D eigenvalue weighted by molar-refractivity contribution is 7.89. The number of carbonyl (C=O) groups is 1. The maximum atomic E-state index is 13.5. The summed E-state index contributed by atoms with van der Waals surface area (Å²) in [7, 11) is -4.18. The molecule has 9 heteroatoms. The van der Waals surface area contributed by atoms with Gasteiger partial charge in [-0.05, 0) is 48.4 Å². The third-order valence-corrected chi connectivity index (χ3v) is 6.36. The van der Waals surface area contributed by atoms with E-state index in [9.17, 15) is 17.6 Å². The predicted molar refractivity (Wildman–Crippen MR) is 116 cm³/mol. The van der Waals surface area contributed by atoms with E-state index < -0.39 is 27.8 Å². The van der Waals surface area contributed by atoms with E-state index in [1.54, 1.807) is 30.3 Å². The van der Waals surface area contributed by atoms with Crippen LogP contribution >= 0.6 is 23.2 Å². The van der Waals surface area contributed by atoms with Crippen LogP contribution in [-0.4, -0.2) is 20.4 Å². The standard InChI is InChI=1S/C21H17Cl2FN2O3S/c22-15-9-10-18(23)20(12-15)30(28,29)26-19(11-14-5-2-1-3-6-14)21(27)25-17-8-4-7-16(24)13-17/h1-10,12-13,19,26H,11H2,(H,25,27)/t19-/m0/s1. The molecule has 3 aromatic rings. The van der Waals surface area contributed by atoms with Gasteiger partial charge in [-0.15, -0.1) is 0 Å². The summed E-state index contributed by atoms with van der Waals surface area (Å²) in [6.07, 6.45) is 0.0689. The molecule has 3 rings (SSSR count). The number of amides is 1. The zero-order valence-electron chi connectivity index (χ0n) is 15.5.